The summed E-state index contributed by atoms with van der Waals surface area (Å²) in [7, 11) is 1.99. The summed E-state index contributed by atoms with van der Waals surface area (Å²) in [5.74, 6) is 4.84. The molecule has 1 saturated heterocycles. The van der Waals surface area contributed by atoms with Gasteiger partial charge >= 0.3 is 0 Å². The largest absolute Gasteiger partial charge is 0.348 e. The first-order valence-electron chi connectivity index (χ1n) is 6.75. The van der Waals surface area contributed by atoms with Crippen molar-refractivity contribution in [3.8, 4) is 0 Å². The summed E-state index contributed by atoms with van der Waals surface area (Å²) in [4.78, 5) is 24.9. The first-order valence-corrected chi connectivity index (χ1v) is 6.75. The molecular weight excluding hydrogens is 274 g/mol. The fraction of sp³-hybridized carbons (Fsp3) is 0.462. The lowest BCUT2D eigenvalue weighted by molar-refractivity contribution is -0.385. The molecule has 0 aromatic heterocycles. The van der Waals surface area contributed by atoms with Gasteiger partial charge in [-0.3, -0.25) is 20.8 Å². The van der Waals surface area contributed by atoms with Crippen LogP contribution in [0.25, 0.3) is 0 Å². The Morgan fingerprint density at radius 2 is 2.29 bits per heavy atom. The molecule has 0 radical (unpaired) electrons. The van der Waals surface area contributed by atoms with E-state index in [2.05, 4.69) is 15.6 Å². The molecule has 1 fully saturated rings. The summed E-state index contributed by atoms with van der Waals surface area (Å²) in [6, 6.07) is 4.13. The highest BCUT2D eigenvalue weighted by Crippen LogP contribution is 2.22. The maximum atomic E-state index is 12.3. The lowest BCUT2D eigenvalue weighted by Gasteiger charge is -2.30. The topological polar surface area (TPSA) is 114 Å². The molecule has 1 amide bonds. The van der Waals surface area contributed by atoms with Gasteiger partial charge in [-0.2, -0.15) is 0 Å². The number of amides is 1. The van der Waals surface area contributed by atoms with Gasteiger partial charge in [0.05, 0.1) is 4.92 Å². The number of carbonyl (C=O) groups excluding carboxylic acids is 1. The van der Waals surface area contributed by atoms with Gasteiger partial charge in [0.15, 0.2) is 0 Å². The maximum absolute atomic E-state index is 12.3. The smallest absolute Gasteiger partial charge is 0.282 e. The zero-order chi connectivity index (χ0) is 15.4. The Hall–Kier alpha value is -2.19. The first kappa shape index (κ1) is 15.2. The fourth-order valence-corrected chi connectivity index (χ4v) is 2.51. The van der Waals surface area contributed by atoms with E-state index in [1.807, 2.05) is 7.05 Å². The molecule has 0 bridgehead atoms. The third kappa shape index (κ3) is 3.67. The van der Waals surface area contributed by atoms with E-state index in [9.17, 15) is 14.9 Å². The molecule has 8 heteroatoms. The number of piperidine rings is 1. The number of rotatable bonds is 4. The lowest BCUT2D eigenvalue weighted by atomic mass is 10.0. The van der Waals surface area contributed by atoms with Gasteiger partial charge in [-0.25, -0.2) is 0 Å². The fourth-order valence-electron chi connectivity index (χ4n) is 2.51. The summed E-state index contributed by atoms with van der Waals surface area (Å²) in [6.45, 7) is 1.74. The normalized spacial score (nSPS) is 19.0. The predicted octanol–water partition coefficient (Wildman–Crippen LogP) is 0.704. The van der Waals surface area contributed by atoms with Gasteiger partial charge in [0.25, 0.3) is 11.6 Å². The zero-order valence-corrected chi connectivity index (χ0v) is 11.8. The number of nitrogens with two attached hydrogens (primary N) is 1. The molecule has 8 nitrogen and oxygen atoms in total. The van der Waals surface area contributed by atoms with Crippen LogP contribution >= 0.6 is 0 Å². The summed E-state index contributed by atoms with van der Waals surface area (Å²) < 4.78 is 0. The van der Waals surface area contributed by atoms with Gasteiger partial charge in [-0.05, 0) is 38.6 Å². The predicted molar refractivity (Wildman–Crippen MR) is 78.9 cm³/mol. The van der Waals surface area contributed by atoms with E-state index in [1.54, 1.807) is 0 Å². The Balaban J connectivity index is 2.19. The van der Waals surface area contributed by atoms with Gasteiger partial charge in [-0.15, -0.1) is 0 Å². The SMILES string of the molecule is CN1CCCC(NC(=O)c2cc(NN)ccc2[N+](=O)[O-])C1. The van der Waals surface area contributed by atoms with Crippen molar-refractivity contribution in [1.82, 2.24) is 10.2 Å². The van der Waals surface area contributed by atoms with E-state index >= 15 is 0 Å². The highest BCUT2D eigenvalue weighted by Gasteiger charge is 2.24. The van der Waals surface area contributed by atoms with E-state index in [0.29, 0.717) is 5.69 Å². The Labute approximate surface area is 122 Å². The number of benzene rings is 1. The number of hydrogen-bond acceptors (Lipinski definition) is 6. The van der Waals surface area contributed by atoms with Crippen LogP contribution in [0.1, 0.15) is 23.2 Å². The van der Waals surface area contributed by atoms with Gasteiger partial charge in [0, 0.05) is 24.3 Å². The zero-order valence-electron chi connectivity index (χ0n) is 11.8. The van der Waals surface area contributed by atoms with Gasteiger partial charge in [0.1, 0.15) is 5.56 Å². The Morgan fingerprint density at radius 3 is 2.90 bits per heavy atom. The van der Waals surface area contributed by atoms with Crippen molar-refractivity contribution >= 4 is 17.3 Å². The van der Waals surface area contributed by atoms with Crippen molar-refractivity contribution < 1.29 is 9.72 Å². The Bertz CT molecular complexity index is 549. The molecule has 1 aliphatic heterocycles. The molecule has 1 heterocycles. The van der Waals surface area contributed by atoms with Crippen LogP contribution < -0.4 is 16.6 Å². The lowest BCUT2D eigenvalue weighted by Crippen LogP contribution is -2.46. The van der Waals surface area contributed by atoms with Crippen molar-refractivity contribution in [2.24, 2.45) is 5.84 Å². The number of likely N-dealkylation sites (tertiary alicyclic amines) is 1. The molecule has 1 aliphatic rings. The Morgan fingerprint density at radius 1 is 1.52 bits per heavy atom. The number of nitrogens with one attached hydrogen (secondary N) is 2. The number of nitro benzene ring substituents is 1. The van der Waals surface area contributed by atoms with Crippen LogP contribution in [-0.2, 0) is 0 Å². The highest BCUT2D eigenvalue weighted by atomic mass is 16.6. The number of carbonyl (C=O) groups is 1. The number of nitro groups is 1. The van der Waals surface area contributed by atoms with Crippen LogP contribution in [0.5, 0.6) is 0 Å². The van der Waals surface area contributed by atoms with Gasteiger partial charge in [-0.1, -0.05) is 0 Å². The number of nitrogen functional groups attached to an aromatic ring is 1. The second-order valence-corrected chi connectivity index (χ2v) is 5.21. The molecule has 1 atom stereocenters. The number of anilines is 1. The van der Waals surface area contributed by atoms with Crippen LogP contribution in [0.4, 0.5) is 11.4 Å². The Kier molecular flexibility index (Phi) is 4.71. The van der Waals surface area contributed by atoms with Gasteiger partial charge in [0.2, 0.25) is 0 Å². The molecule has 1 unspecified atom stereocenters. The molecular formula is C13H19N5O3. The van der Waals surface area contributed by atoms with Crippen molar-refractivity contribution in [2.45, 2.75) is 18.9 Å². The standard InChI is InChI=1S/C13H19N5O3/c1-17-6-2-3-10(8-17)15-13(19)11-7-9(16-14)4-5-12(11)18(20)21/h4-5,7,10,16H,2-3,6,8,14H2,1H3,(H,15,19). The molecule has 114 valence electrons. The second kappa shape index (κ2) is 6.51. The molecule has 0 saturated carbocycles. The van der Waals surface area contributed by atoms with Crippen LogP contribution in [0.15, 0.2) is 18.2 Å². The number of hydrogen-bond donors (Lipinski definition) is 3. The molecule has 1 aromatic carbocycles. The van der Waals surface area contributed by atoms with E-state index < -0.39 is 10.8 Å². The molecule has 0 spiro atoms. The van der Waals surface area contributed by atoms with E-state index in [4.69, 9.17) is 5.84 Å². The molecule has 1 aromatic rings. The van der Waals surface area contributed by atoms with E-state index in [1.165, 1.54) is 18.2 Å². The molecule has 0 aliphatic carbocycles. The van der Waals surface area contributed by atoms with Gasteiger partial charge < -0.3 is 15.6 Å². The minimum absolute atomic E-state index is 0.00495. The number of hydrazine groups is 1. The second-order valence-electron chi connectivity index (χ2n) is 5.21. The number of nitrogens with zero attached hydrogens (tertiary/aromatic N) is 2. The summed E-state index contributed by atoms with van der Waals surface area (Å²) >= 11 is 0. The summed E-state index contributed by atoms with van der Waals surface area (Å²) in [5.41, 5.74) is 2.63. The van der Waals surface area contributed by atoms with Crippen LogP contribution in [0, 0.1) is 10.1 Å². The molecule has 4 N–H and O–H groups in total. The molecule has 21 heavy (non-hydrogen) atoms. The van der Waals surface area contributed by atoms with Crippen molar-refractivity contribution in [3.05, 3.63) is 33.9 Å². The average Bonchev–Trinajstić information content (AvgIpc) is 2.46. The van der Waals surface area contributed by atoms with E-state index in [-0.39, 0.29) is 17.3 Å². The maximum Gasteiger partial charge on any atom is 0.282 e. The van der Waals surface area contributed by atoms with E-state index in [0.717, 1.165) is 25.9 Å². The highest BCUT2D eigenvalue weighted by molar-refractivity contribution is 5.99. The van der Waals surface area contributed by atoms with Crippen molar-refractivity contribution in [1.29, 1.82) is 0 Å². The third-order valence-corrected chi connectivity index (χ3v) is 3.56. The van der Waals surface area contributed by atoms with Crippen LogP contribution in [0.2, 0.25) is 0 Å². The number of likely N-dealkylation sites (N-methyl/N-ethyl adjacent to an activating group) is 1. The average molecular weight is 293 g/mol. The third-order valence-electron chi connectivity index (χ3n) is 3.56. The van der Waals surface area contributed by atoms with Crippen molar-refractivity contribution in [3.63, 3.8) is 0 Å². The van der Waals surface area contributed by atoms with Crippen LogP contribution in [0.3, 0.4) is 0 Å². The molecule has 2 rings (SSSR count). The summed E-state index contributed by atoms with van der Waals surface area (Å²) in [5, 5.41) is 13.9. The monoisotopic (exact) mass is 293 g/mol. The van der Waals surface area contributed by atoms with Crippen molar-refractivity contribution in [2.75, 3.05) is 25.6 Å². The quantitative estimate of drug-likeness (QED) is 0.428. The van der Waals surface area contributed by atoms with Crippen LogP contribution in [-0.4, -0.2) is 41.9 Å². The minimum atomic E-state index is -0.567. The summed E-state index contributed by atoms with van der Waals surface area (Å²) in [6.07, 6.45) is 1.87. The first-order chi connectivity index (χ1) is 10.0. The minimum Gasteiger partial charge on any atom is -0.348 e.